The van der Waals surface area contributed by atoms with Crippen molar-refractivity contribution in [2.75, 3.05) is 24.5 Å². The quantitative estimate of drug-likeness (QED) is 0.842. The molecule has 2 heterocycles. The van der Waals surface area contributed by atoms with Crippen molar-refractivity contribution >= 4 is 5.82 Å². The number of pyridine rings is 1. The molecule has 0 bridgehead atoms. The summed E-state index contributed by atoms with van der Waals surface area (Å²) in [6.45, 7) is 7.61. The van der Waals surface area contributed by atoms with Crippen molar-refractivity contribution in [3.8, 4) is 0 Å². The minimum absolute atomic E-state index is 0.605. The first-order valence-corrected chi connectivity index (χ1v) is 6.21. The topological polar surface area (TPSA) is 28.2 Å². The van der Waals surface area contributed by atoms with Gasteiger partial charge in [0, 0.05) is 25.3 Å². The zero-order valence-corrected chi connectivity index (χ0v) is 10.2. The monoisotopic (exact) mass is 219 g/mol. The maximum Gasteiger partial charge on any atom is 0.129 e. The Bertz CT molecular complexity index is 332. The fourth-order valence-corrected chi connectivity index (χ4v) is 2.38. The molecule has 0 spiro atoms. The number of piperidine rings is 1. The van der Waals surface area contributed by atoms with E-state index in [1.807, 2.05) is 6.20 Å². The van der Waals surface area contributed by atoms with Crippen LogP contribution in [-0.4, -0.2) is 30.7 Å². The van der Waals surface area contributed by atoms with Crippen molar-refractivity contribution in [1.82, 2.24) is 10.3 Å². The molecule has 1 aliphatic heterocycles. The minimum atomic E-state index is 0.605. The molecule has 0 radical (unpaired) electrons. The molecule has 0 amide bonds. The molecule has 1 unspecified atom stereocenters. The van der Waals surface area contributed by atoms with E-state index in [-0.39, 0.29) is 0 Å². The van der Waals surface area contributed by atoms with Crippen LogP contribution < -0.4 is 10.2 Å². The van der Waals surface area contributed by atoms with E-state index in [0.717, 1.165) is 25.5 Å². The molecule has 16 heavy (non-hydrogen) atoms. The van der Waals surface area contributed by atoms with Gasteiger partial charge in [0.05, 0.1) is 0 Å². The van der Waals surface area contributed by atoms with Crippen LogP contribution in [0.4, 0.5) is 5.82 Å². The van der Waals surface area contributed by atoms with E-state index in [1.165, 1.54) is 18.4 Å². The Morgan fingerprint density at radius 3 is 3.06 bits per heavy atom. The number of aromatic nitrogens is 1. The maximum atomic E-state index is 4.48. The molecule has 88 valence electrons. The summed E-state index contributed by atoms with van der Waals surface area (Å²) in [6, 6.07) is 4.84. The number of aryl methyl sites for hydroxylation is 1. The Morgan fingerprint density at radius 2 is 2.44 bits per heavy atom. The number of rotatable bonds is 3. The molecule has 1 atom stereocenters. The molecule has 2 rings (SSSR count). The summed E-state index contributed by atoms with van der Waals surface area (Å²) in [5.74, 6) is 1.12. The molecule has 0 saturated carbocycles. The summed E-state index contributed by atoms with van der Waals surface area (Å²) in [5, 5.41) is 3.46. The standard InChI is InChI=1S/C13H21N3/c1-3-16(12-5-4-7-14-10-12)13-9-11(2)6-8-15-13/h6,8-9,12,14H,3-5,7,10H2,1-2H3. The highest BCUT2D eigenvalue weighted by molar-refractivity contribution is 5.42. The highest BCUT2D eigenvalue weighted by Gasteiger charge is 2.20. The van der Waals surface area contributed by atoms with Crippen LogP contribution in [0.3, 0.4) is 0 Å². The van der Waals surface area contributed by atoms with E-state index in [2.05, 4.69) is 41.2 Å². The van der Waals surface area contributed by atoms with E-state index in [4.69, 9.17) is 0 Å². The van der Waals surface area contributed by atoms with Crippen molar-refractivity contribution in [3.63, 3.8) is 0 Å². The van der Waals surface area contributed by atoms with Gasteiger partial charge in [-0.15, -0.1) is 0 Å². The number of nitrogens with one attached hydrogen (secondary N) is 1. The smallest absolute Gasteiger partial charge is 0.129 e. The third-order valence-corrected chi connectivity index (χ3v) is 3.25. The van der Waals surface area contributed by atoms with Crippen LogP contribution >= 0.6 is 0 Å². The predicted molar refractivity (Wildman–Crippen MR) is 67.9 cm³/mol. The van der Waals surface area contributed by atoms with Gasteiger partial charge in [-0.3, -0.25) is 0 Å². The molecule has 3 heteroatoms. The van der Waals surface area contributed by atoms with Crippen LogP contribution in [0.2, 0.25) is 0 Å². The number of hydrogen-bond acceptors (Lipinski definition) is 3. The first-order valence-electron chi connectivity index (χ1n) is 6.21. The van der Waals surface area contributed by atoms with E-state index in [9.17, 15) is 0 Å². The largest absolute Gasteiger partial charge is 0.353 e. The zero-order valence-electron chi connectivity index (χ0n) is 10.2. The van der Waals surface area contributed by atoms with Gasteiger partial charge in [0.2, 0.25) is 0 Å². The first kappa shape index (κ1) is 11.4. The van der Waals surface area contributed by atoms with Gasteiger partial charge in [0.15, 0.2) is 0 Å². The Morgan fingerprint density at radius 1 is 1.56 bits per heavy atom. The van der Waals surface area contributed by atoms with Gasteiger partial charge >= 0.3 is 0 Å². The van der Waals surface area contributed by atoms with Gasteiger partial charge in [-0.05, 0) is 50.9 Å². The third kappa shape index (κ3) is 2.53. The van der Waals surface area contributed by atoms with Crippen molar-refractivity contribution < 1.29 is 0 Å². The summed E-state index contributed by atoms with van der Waals surface area (Å²) in [5.41, 5.74) is 1.28. The van der Waals surface area contributed by atoms with E-state index in [0.29, 0.717) is 6.04 Å². The Balaban J connectivity index is 2.14. The molecule has 1 aromatic heterocycles. The van der Waals surface area contributed by atoms with E-state index in [1.54, 1.807) is 0 Å². The SMILES string of the molecule is CCN(c1cc(C)ccn1)C1CCCNC1. The fraction of sp³-hybridized carbons (Fsp3) is 0.615. The normalized spacial score (nSPS) is 20.8. The molecule has 1 aliphatic rings. The number of nitrogens with zero attached hydrogens (tertiary/aromatic N) is 2. The van der Waals surface area contributed by atoms with Crippen molar-refractivity contribution in [3.05, 3.63) is 23.9 Å². The Kier molecular flexibility index (Phi) is 3.78. The molecule has 0 aromatic carbocycles. The summed E-state index contributed by atoms with van der Waals surface area (Å²) in [7, 11) is 0. The lowest BCUT2D eigenvalue weighted by atomic mass is 10.1. The summed E-state index contributed by atoms with van der Waals surface area (Å²) >= 11 is 0. The minimum Gasteiger partial charge on any atom is -0.353 e. The van der Waals surface area contributed by atoms with Crippen molar-refractivity contribution in [2.45, 2.75) is 32.7 Å². The Labute approximate surface area is 97.9 Å². The van der Waals surface area contributed by atoms with Crippen molar-refractivity contribution in [2.24, 2.45) is 0 Å². The second-order valence-corrected chi connectivity index (χ2v) is 4.48. The maximum absolute atomic E-state index is 4.48. The lowest BCUT2D eigenvalue weighted by Crippen LogP contribution is -2.46. The van der Waals surface area contributed by atoms with Crippen LogP contribution in [-0.2, 0) is 0 Å². The fourth-order valence-electron chi connectivity index (χ4n) is 2.38. The average Bonchev–Trinajstić information content (AvgIpc) is 2.31. The van der Waals surface area contributed by atoms with Crippen LogP contribution in [0.5, 0.6) is 0 Å². The number of likely N-dealkylation sites (N-methyl/N-ethyl adjacent to an activating group) is 1. The summed E-state index contributed by atoms with van der Waals surface area (Å²) in [4.78, 5) is 6.90. The van der Waals surface area contributed by atoms with Gasteiger partial charge in [0.1, 0.15) is 5.82 Å². The van der Waals surface area contributed by atoms with Gasteiger partial charge in [0.25, 0.3) is 0 Å². The Hall–Kier alpha value is -1.09. The van der Waals surface area contributed by atoms with E-state index < -0.39 is 0 Å². The van der Waals surface area contributed by atoms with Gasteiger partial charge < -0.3 is 10.2 Å². The summed E-state index contributed by atoms with van der Waals surface area (Å²) < 4.78 is 0. The molecule has 1 aromatic rings. The number of hydrogen-bond donors (Lipinski definition) is 1. The van der Waals surface area contributed by atoms with Crippen LogP contribution in [0.15, 0.2) is 18.3 Å². The second-order valence-electron chi connectivity index (χ2n) is 4.48. The third-order valence-electron chi connectivity index (χ3n) is 3.25. The lowest BCUT2D eigenvalue weighted by molar-refractivity contribution is 0.433. The zero-order chi connectivity index (χ0) is 11.4. The highest BCUT2D eigenvalue weighted by atomic mass is 15.2. The molecular weight excluding hydrogens is 198 g/mol. The predicted octanol–water partition coefficient (Wildman–Crippen LogP) is 1.97. The van der Waals surface area contributed by atoms with Gasteiger partial charge in [-0.25, -0.2) is 4.98 Å². The lowest BCUT2D eigenvalue weighted by Gasteiger charge is -2.34. The number of anilines is 1. The molecule has 1 saturated heterocycles. The van der Waals surface area contributed by atoms with Crippen molar-refractivity contribution in [1.29, 1.82) is 0 Å². The molecule has 0 aliphatic carbocycles. The van der Waals surface area contributed by atoms with Gasteiger partial charge in [-0.2, -0.15) is 0 Å². The molecule has 1 N–H and O–H groups in total. The highest BCUT2D eigenvalue weighted by Crippen LogP contribution is 2.18. The molecule has 3 nitrogen and oxygen atoms in total. The van der Waals surface area contributed by atoms with Crippen LogP contribution in [0, 0.1) is 6.92 Å². The summed E-state index contributed by atoms with van der Waals surface area (Å²) in [6.07, 6.45) is 4.45. The average molecular weight is 219 g/mol. The first-order chi connectivity index (χ1) is 7.81. The molecule has 1 fully saturated rings. The molecular formula is C13H21N3. The van der Waals surface area contributed by atoms with Crippen LogP contribution in [0.25, 0.3) is 0 Å². The van der Waals surface area contributed by atoms with Gasteiger partial charge in [-0.1, -0.05) is 0 Å². The van der Waals surface area contributed by atoms with Crippen LogP contribution in [0.1, 0.15) is 25.3 Å². The van der Waals surface area contributed by atoms with E-state index >= 15 is 0 Å². The second kappa shape index (κ2) is 5.30.